The van der Waals surface area contributed by atoms with Crippen molar-refractivity contribution in [3.8, 4) is 5.75 Å². The molecule has 7 heteroatoms. The third-order valence-electron chi connectivity index (χ3n) is 4.36. The first kappa shape index (κ1) is 18.7. The summed E-state index contributed by atoms with van der Waals surface area (Å²) >= 11 is 0. The zero-order valence-electron chi connectivity index (χ0n) is 15.1. The Bertz CT molecular complexity index is 813. The summed E-state index contributed by atoms with van der Waals surface area (Å²) in [7, 11) is 0. The van der Waals surface area contributed by atoms with Gasteiger partial charge < -0.3 is 20.3 Å². The van der Waals surface area contributed by atoms with Crippen molar-refractivity contribution in [1.29, 1.82) is 0 Å². The Morgan fingerprint density at radius 3 is 2.78 bits per heavy atom. The third-order valence-corrected chi connectivity index (χ3v) is 4.36. The Kier molecular flexibility index (Phi) is 5.90. The van der Waals surface area contributed by atoms with Crippen LogP contribution in [-0.4, -0.2) is 42.6 Å². The quantitative estimate of drug-likeness (QED) is 0.849. The molecule has 0 spiro atoms. The minimum atomic E-state index is -0.646. The number of ether oxygens (including phenoxy) is 1. The Balaban J connectivity index is 1.74. The van der Waals surface area contributed by atoms with Gasteiger partial charge in [-0.2, -0.15) is 0 Å². The van der Waals surface area contributed by atoms with Crippen molar-refractivity contribution < 1.29 is 18.7 Å². The van der Waals surface area contributed by atoms with Crippen LogP contribution in [0.1, 0.15) is 12.5 Å². The molecule has 1 atom stereocenters. The second-order valence-electron chi connectivity index (χ2n) is 6.19. The smallest absolute Gasteiger partial charge is 0.322 e. The fraction of sp³-hybridized carbons (Fsp3) is 0.300. The van der Waals surface area contributed by atoms with E-state index in [9.17, 15) is 14.0 Å². The molecule has 3 amide bonds. The van der Waals surface area contributed by atoms with Gasteiger partial charge in [-0.15, -0.1) is 0 Å². The topological polar surface area (TPSA) is 70.7 Å². The second kappa shape index (κ2) is 8.53. The first-order valence-corrected chi connectivity index (χ1v) is 8.90. The van der Waals surface area contributed by atoms with Crippen LogP contribution in [0.25, 0.3) is 0 Å². The molecular formula is C20H22FN3O3. The van der Waals surface area contributed by atoms with Crippen molar-refractivity contribution in [2.45, 2.75) is 19.4 Å². The third kappa shape index (κ3) is 4.55. The van der Waals surface area contributed by atoms with Crippen LogP contribution < -0.4 is 15.4 Å². The van der Waals surface area contributed by atoms with Gasteiger partial charge in [0.25, 0.3) is 0 Å². The van der Waals surface area contributed by atoms with Gasteiger partial charge in [0, 0.05) is 25.6 Å². The molecule has 27 heavy (non-hydrogen) atoms. The van der Waals surface area contributed by atoms with Gasteiger partial charge in [0.2, 0.25) is 5.91 Å². The first-order valence-electron chi connectivity index (χ1n) is 8.90. The van der Waals surface area contributed by atoms with Crippen LogP contribution in [0.3, 0.4) is 0 Å². The van der Waals surface area contributed by atoms with Crippen LogP contribution in [0.2, 0.25) is 0 Å². The lowest BCUT2D eigenvalue weighted by Crippen LogP contribution is -2.59. The lowest BCUT2D eigenvalue weighted by Gasteiger charge is -2.35. The monoisotopic (exact) mass is 371 g/mol. The van der Waals surface area contributed by atoms with Crippen LogP contribution >= 0.6 is 0 Å². The summed E-state index contributed by atoms with van der Waals surface area (Å²) in [5, 5.41) is 5.34. The van der Waals surface area contributed by atoms with E-state index >= 15 is 0 Å². The Hall–Kier alpha value is -3.09. The van der Waals surface area contributed by atoms with Crippen LogP contribution in [-0.2, 0) is 11.2 Å². The fourth-order valence-corrected chi connectivity index (χ4v) is 3.04. The highest BCUT2D eigenvalue weighted by molar-refractivity contribution is 5.94. The molecule has 1 heterocycles. The van der Waals surface area contributed by atoms with Crippen LogP contribution in [0.15, 0.2) is 48.5 Å². The van der Waals surface area contributed by atoms with Gasteiger partial charge in [-0.1, -0.05) is 30.3 Å². The molecule has 0 aliphatic carbocycles. The second-order valence-corrected chi connectivity index (χ2v) is 6.19. The summed E-state index contributed by atoms with van der Waals surface area (Å²) in [6, 6.07) is 12.6. The summed E-state index contributed by atoms with van der Waals surface area (Å²) in [5.41, 5.74) is 0.998. The van der Waals surface area contributed by atoms with E-state index in [1.165, 1.54) is 17.0 Å². The average molecular weight is 371 g/mol. The van der Waals surface area contributed by atoms with Crippen LogP contribution in [0.5, 0.6) is 5.75 Å². The predicted octanol–water partition coefficient (Wildman–Crippen LogP) is 2.80. The molecule has 2 N–H and O–H groups in total. The predicted molar refractivity (Wildman–Crippen MR) is 100 cm³/mol. The summed E-state index contributed by atoms with van der Waals surface area (Å²) in [5.74, 6) is -0.407. The van der Waals surface area contributed by atoms with Crippen molar-refractivity contribution in [3.63, 3.8) is 0 Å². The largest absolute Gasteiger partial charge is 0.494 e. The van der Waals surface area contributed by atoms with Gasteiger partial charge in [0.15, 0.2) is 0 Å². The Morgan fingerprint density at radius 2 is 2.07 bits per heavy atom. The summed E-state index contributed by atoms with van der Waals surface area (Å²) in [6.45, 7) is 2.95. The van der Waals surface area contributed by atoms with Gasteiger partial charge in [-0.25, -0.2) is 9.18 Å². The van der Waals surface area contributed by atoms with E-state index < -0.39 is 17.9 Å². The lowest BCUT2D eigenvalue weighted by molar-refractivity contribution is -0.127. The summed E-state index contributed by atoms with van der Waals surface area (Å²) in [4.78, 5) is 26.5. The number of nitrogens with one attached hydrogen (secondary N) is 2. The number of hydrogen-bond acceptors (Lipinski definition) is 3. The average Bonchev–Trinajstić information content (AvgIpc) is 2.66. The molecular weight excluding hydrogens is 349 g/mol. The molecule has 0 aromatic heterocycles. The van der Waals surface area contributed by atoms with Crippen molar-refractivity contribution in [3.05, 3.63) is 59.9 Å². The highest BCUT2D eigenvalue weighted by Crippen LogP contribution is 2.22. The molecule has 2 aromatic carbocycles. The number of urea groups is 1. The molecule has 6 nitrogen and oxygen atoms in total. The van der Waals surface area contributed by atoms with Crippen LogP contribution in [0.4, 0.5) is 14.9 Å². The molecule has 1 fully saturated rings. The maximum atomic E-state index is 14.2. The molecule has 3 rings (SSSR count). The minimum absolute atomic E-state index is 0.0490. The Morgan fingerprint density at radius 1 is 1.30 bits per heavy atom. The summed E-state index contributed by atoms with van der Waals surface area (Å²) in [6.07, 6.45) is 0.395. The number of rotatable bonds is 5. The number of benzene rings is 2. The van der Waals surface area contributed by atoms with Gasteiger partial charge in [-0.05, 0) is 24.6 Å². The molecule has 0 radical (unpaired) electrons. The SMILES string of the molecule is CCOc1ccc(NC(=O)N2CCNC(=O)[C@@H]2Cc2ccccc2)c(F)c1. The van der Waals surface area contributed by atoms with E-state index in [4.69, 9.17) is 4.74 Å². The zero-order chi connectivity index (χ0) is 19.2. The zero-order valence-corrected chi connectivity index (χ0v) is 15.1. The summed E-state index contributed by atoms with van der Waals surface area (Å²) < 4.78 is 19.5. The minimum Gasteiger partial charge on any atom is -0.494 e. The number of amides is 3. The highest BCUT2D eigenvalue weighted by atomic mass is 19.1. The lowest BCUT2D eigenvalue weighted by atomic mass is 10.0. The van der Waals surface area contributed by atoms with E-state index in [1.54, 1.807) is 6.07 Å². The molecule has 0 unspecified atom stereocenters. The molecule has 1 aliphatic rings. The maximum absolute atomic E-state index is 14.2. The normalized spacial score (nSPS) is 16.6. The van der Waals surface area contributed by atoms with Crippen molar-refractivity contribution in [1.82, 2.24) is 10.2 Å². The van der Waals surface area contributed by atoms with E-state index in [2.05, 4.69) is 10.6 Å². The molecule has 1 saturated heterocycles. The van der Waals surface area contributed by atoms with Crippen molar-refractivity contribution in [2.24, 2.45) is 0 Å². The number of carbonyl (C=O) groups excluding carboxylic acids is 2. The van der Waals surface area contributed by atoms with Crippen LogP contribution in [0, 0.1) is 5.82 Å². The number of hydrogen-bond donors (Lipinski definition) is 2. The van der Waals surface area contributed by atoms with E-state index in [1.807, 2.05) is 37.3 Å². The standard InChI is InChI=1S/C20H22FN3O3/c1-2-27-15-8-9-17(16(21)13-15)23-20(26)24-11-10-22-19(25)18(24)12-14-6-4-3-5-7-14/h3-9,13,18H,2,10-12H2,1H3,(H,22,25)(H,23,26)/t18-/m0/s1. The van der Waals surface area contributed by atoms with Gasteiger partial charge in [0.1, 0.15) is 17.6 Å². The molecule has 2 aromatic rings. The maximum Gasteiger partial charge on any atom is 0.322 e. The number of halogens is 1. The van der Waals surface area contributed by atoms with E-state index in [0.717, 1.165) is 5.56 Å². The van der Waals surface area contributed by atoms with Gasteiger partial charge in [-0.3, -0.25) is 4.79 Å². The first-order chi connectivity index (χ1) is 13.1. The Labute approximate surface area is 157 Å². The number of piperazine rings is 1. The number of carbonyl (C=O) groups is 2. The van der Waals surface area contributed by atoms with E-state index in [-0.39, 0.29) is 11.6 Å². The molecule has 1 aliphatic heterocycles. The molecule has 142 valence electrons. The molecule has 0 bridgehead atoms. The van der Waals surface area contributed by atoms with E-state index in [0.29, 0.717) is 31.9 Å². The van der Waals surface area contributed by atoms with Crippen molar-refractivity contribution >= 4 is 17.6 Å². The van der Waals surface area contributed by atoms with Crippen molar-refractivity contribution in [2.75, 3.05) is 25.0 Å². The highest BCUT2D eigenvalue weighted by Gasteiger charge is 2.33. The number of anilines is 1. The number of nitrogens with zero attached hydrogens (tertiary/aromatic N) is 1. The fourth-order valence-electron chi connectivity index (χ4n) is 3.04. The van der Waals surface area contributed by atoms with Gasteiger partial charge in [0.05, 0.1) is 12.3 Å². The van der Waals surface area contributed by atoms with Gasteiger partial charge >= 0.3 is 6.03 Å². The molecule has 0 saturated carbocycles.